The summed E-state index contributed by atoms with van der Waals surface area (Å²) in [6.45, 7) is 2.08. The molecule has 1 heterocycles. The summed E-state index contributed by atoms with van der Waals surface area (Å²) >= 11 is 6.01. The van der Waals surface area contributed by atoms with E-state index >= 15 is 0 Å². The van der Waals surface area contributed by atoms with Gasteiger partial charge in [0.1, 0.15) is 5.75 Å². The third kappa shape index (κ3) is 3.22. The van der Waals surface area contributed by atoms with Crippen LogP contribution in [0, 0.1) is 0 Å². The first kappa shape index (κ1) is 14.4. The molecule has 2 aromatic rings. The lowest BCUT2D eigenvalue weighted by Crippen LogP contribution is -2.34. The maximum Gasteiger partial charge on any atom is 0.118 e. The van der Waals surface area contributed by atoms with Gasteiger partial charge in [0.25, 0.3) is 0 Å². The molecule has 0 aliphatic carbocycles. The lowest BCUT2D eigenvalue weighted by atomic mass is 9.77. The van der Waals surface area contributed by atoms with Crippen LogP contribution in [0.5, 0.6) is 5.75 Å². The molecule has 3 heteroatoms. The van der Waals surface area contributed by atoms with Gasteiger partial charge < -0.3 is 10.1 Å². The molecule has 0 saturated carbocycles. The normalized spacial score (nSPS) is 22.0. The Kier molecular flexibility index (Phi) is 4.47. The molecule has 2 atom stereocenters. The van der Waals surface area contributed by atoms with E-state index in [1.807, 2.05) is 12.1 Å². The maximum absolute atomic E-state index is 6.01. The van der Waals surface area contributed by atoms with Crippen molar-refractivity contribution < 1.29 is 4.74 Å². The second-order valence-corrected chi connectivity index (χ2v) is 5.97. The summed E-state index contributed by atoms with van der Waals surface area (Å²) in [6.07, 6.45) is 1.15. The Morgan fingerprint density at radius 1 is 0.952 bits per heavy atom. The minimum Gasteiger partial charge on any atom is -0.497 e. The Morgan fingerprint density at radius 2 is 1.57 bits per heavy atom. The predicted molar refractivity (Wildman–Crippen MR) is 87.4 cm³/mol. The fourth-order valence-electron chi connectivity index (χ4n) is 3.17. The van der Waals surface area contributed by atoms with Gasteiger partial charge in [-0.25, -0.2) is 0 Å². The van der Waals surface area contributed by atoms with Crippen LogP contribution in [0.15, 0.2) is 48.5 Å². The first-order chi connectivity index (χ1) is 10.3. The van der Waals surface area contributed by atoms with Crippen LogP contribution < -0.4 is 10.1 Å². The Hall–Kier alpha value is -1.51. The van der Waals surface area contributed by atoms with Gasteiger partial charge in [0, 0.05) is 17.5 Å². The first-order valence-electron chi connectivity index (χ1n) is 7.38. The first-order valence-corrected chi connectivity index (χ1v) is 7.76. The molecule has 1 aliphatic rings. The van der Waals surface area contributed by atoms with Crippen molar-refractivity contribution in [3.63, 3.8) is 0 Å². The standard InChI is InChI=1S/C18H20ClNO/c1-21-16-8-4-13(5-9-16)17-10-11-20-12-18(17)14-2-6-15(19)7-3-14/h2-9,17-18,20H,10-12H2,1H3. The predicted octanol–water partition coefficient (Wildman–Crippen LogP) is 4.21. The highest BCUT2D eigenvalue weighted by atomic mass is 35.5. The molecule has 2 unspecified atom stereocenters. The van der Waals surface area contributed by atoms with Gasteiger partial charge in [-0.15, -0.1) is 0 Å². The van der Waals surface area contributed by atoms with Crippen LogP contribution in [0.25, 0.3) is 0 Å². The van der Waals surface area contributed by atoms with Crippen LogP contribution in [0.4, 0.5) is 0 Å². The van der Waals surface area contributed by atoms with Crippen molar-refractivity contribution >= 4 is 11.6 Å². The number of methoxy groups -OCH3 is 1. The van der Waals surface area contributed by atoms with E-state index in [0.29, 0.717) is 11.8 Å². The van der Waals surface area contributed by atoms with Gasteiger partial charge in [-0.1, -0.05) is 35.9 Å². The second kappa shape index (κ2) is 6.50. The third-order valence-electron chi connectivity index (χ3n) is 4.32. The number of benzene rings is 2. The molecule has 0 amide bonds. The van der Waals surface area contributed by atoms with Crippen molar-refractivity contribution in [2.75, 3.05) is 20.2 Å². The molecule has 1 fully saturated rings. The van der Waals surface area contributed by atoms with Crippen molar-refractivity contribution in [1.29, 1.82) is 0 Å². The number of hydrogen-bond acceptors (Lipinski definition) is 2. The van der Waals surface area contributed by atoms with Crippen LogP contribution in [-0.2, 0) is 0 Å². The van der Waals surface area contributed by atoms with Gasteiger partial charge in [0.2, 0.25) is 0 Å². The summed E-state index contributed by atoms with van der Waals surface area (Å²) in [4.78, 5) is 0. The van der Waals surface area contributed by atoms with Crippen LogP contribution >= 0.6 is 11.6 Å². The monoisotopic (exact) mass is 301 g/mol. The highest BCUT2D eigenvalue weighted by Gasteiger charge is 2.27. The minimum atomic E-state index is 0.490. The highest BCUT2D eigenvalue weighted by Crippen LogP contribution is 2.38. The van der Waals surface area contributed by atoms with Crippen LogP contribution in [0.3, 0.4) is 0 Å². The maximum atomic E-state index is 6.01. The molecule has 21 heavy (non-hydrogen) atoms. The van der Waals surface area contributed by atoms with Crippen LogP contribution in [-0.4, -0.2) is 20.2 Å². The van der Waals surface area contributed by atoms with E-state index in [1.54, 1.807) is 7.11 Å². The lowest BCUT2D eigenvalue weighted by molar-refractivity contribution is 0.401. The zero-order valence-corrected chi connectivity index (χ0v) is 12.9. The molecule has 1 aliphatic heterocycles. The molecular formula is C18H20ClNO. The Bertz CT molecular complexity index is 579. The zero-order valence-electron chi connectivity index (χ0n) is 12.2. The summed E-state index contributed by atoms with van der Waals surface area (Å²) in [5.74, 6) is 1.94. The molecule has 1 N–H and O–H groups in total. The molecule has 1 saturated heterocycles. The summed E-state index contributed by atoms with van der Waals surface area (Å²) in [6, 6.07) is 16.8. The summed E-state index contributed by atoms with van der Waals surface area (Å²) in [7, 11) is 1.70. The van der Waals surface area contributed by atoms with E-state index in [-0.39, 0.29) is 0 Å². The molecule has 2 nitrogen and oxygen atoms in total. The summed E-state index contributed by atoms with van der Waals surface area (Å²) < 4.78 is 5.25. The van der Waals surface area contributed by atoms with E-state index in [2.05, 4.69) is 41.7 Å². The van der Waals surface area contributed by atoms with Gasteiger partial charge >= 0.3 is 0 Å². The zero-order chi connectivity index (χ0) is 14.7. The molecular weight excluding hydrogens is 282 g/mol. The van der Waals surface area contributed by atoms with Gasteiger partial charge in [-0.3, -0.25) is 0 Å². The van der Waals surface area contributed by atoms with Gasteiger partial charge in [-0.2, -0.15) is 0 Å². The number of hydrogen-bond donors (Lipinski definition) is 1. The fraction of sp³-hybridized carbons (Fsp3) is 0.333. The van der Waals surface area contributed by atoms with Crippen molar-refractivity contribution in [1.82, 2.24) is 5.32 Å². The smallest absolute Gasteiger partial charge is 0.118 e. The van der Waals surface area contributed by atoms with E-state index < -0.39 is 0 Å². The number of rotatable bonds is 3. The molecule has 3 rings (SSSR count). The fourth-order valence-corrected chi connectivity index (χ4v) is 3.29. The van der Waals surface area contributed by atoms with E-state index in [1.165, 1.54) is 11.1 Å². The third-order valence-corrected chi connectivity index (χ3v) is 4.58. The molecule has 2 aromatic carbocycles. The van der Waals surface area contributed by atoms with Crippen LogP contribution in [0.2, 0.25) is 5.02 Å². The Balaban J connectivity index is 1.88. The molecule has 0 bridgehead atoms. The van der Waals surface area contributed by atoms with Gasteiger partial charge in [0.05, 0.1) is 7.11 Å². The van der Waals surface area contributed by atoms with Crippen LogP contribution in [0.1, 0.15) is 29.4 Å². The lowest BCUT2D eigenvalue weighted by Gasteiger charge is -2.33. The van der Waals surface area contributed by atoms with Crippen molar-refractivity contribution in [3.05, 3.63) is 64.7 Å². The summed E-state index contributed by atoms with van der Waals surface area (Å²) in [5, 5.41) is 4.31. The Labute approximate surface area is 131 Å². The van der Waals surface area contributed by atoms with Crippen molar-refractivity contribution in [2.45, 2.75) is 18.3 Å². The van der Waals surface area contributed by atoms with Gasteiger partial charge in [0.15, 0.2) is 0 Å². The second-order valence-electron chi connectivity index (χ2n) is 5.53. The number of piperidine rings is 1. The minimum absolute atomic E-state index is 0.490. The Morgan fingerprint density at radius 3 is 2.24 bits per heavy atom. The molecule has 0 spiro atoms. The van der Waals surface area contributed by atoms with Crippen molar-refractivity contribution in [3.8, 4) is 5.75 Å². The summed E-state index contributed by atoms with van der Waals surface area (Å²) in [5.41, 5.74) is 2.74. The number of nitrogens with one attached hydrogen (secondary N) is 1. The van der Waals surface area contributed by atoms with Crippen molar-refractivity contribution in [2.24, 2.45) is 0 Å². The average Bonchev–Trinajstić information content (AvgIpc) is 2.56. The number of halogens is 1. The van der Waals surface area contributed by atoms with E-state index in [4.69, 9.17) is 16.3 Å². The quantitative estimate of drug-likeness (QED) is 0.917. The SMILES string of the molecule is COc1ccc(C2CCNCC2c2ccc(Cl)cc2)cc1. The van der Waals surface area contributed by atoms with Gasteiger partial charge in [-0.05, 0) is 54.3 Å². The molecule has 0 radical (unpaired) electrons. The van der Waals surface area contributed by atoms with E-state index in [0.717, 1.165) is 30.3 Å². The van der Waals surface area contributed by atoms with E-state index in [9.17, 15) is 0 Å². The molecule has 110 valence electrons. The highest BCUT2D eigenvalue weighted by molar-refractivity contribution is 6.30. The largest absolute Gasteiger partial charge is 0.497 e. The molecule has 0 aromatic heterocycles. The number of ether oxygens (including phenoxy) is 1. The topological polar surface area (TPSA) is 21.3 Å². The average molecular weight is 302 g/mol.